The summed E-state index contributed by atoms with van der Waals surface area (Å²) in [6.45, 7) is 3.66. The van der Waals surface area contributed by atoms with Gasteiger partial charge in [-0.2, -0.15) is 0 Å². The number of thiophene rings is 1. The van der Waals surface area contributed by atoms with Crippen LogP contribution < -0.4 is 10.9 Å². The number of nitrogens with one attached hydrogen (secondary N) is 1. The van der Waals surface area contributed by atoms with E-state index in [-0.39, 0.29) is 11.1 Å². The largest absolute Gasteiger partial charge is 0.465 e. The molecule has 0 saturated carbocycles. The van der Waals surface area contributed by atoms with Gasteiger partial charge in [-0.15, -0.1) is 11.3 Å². The van der Waals surface area contributed by atoms with E-state index in [2.05, 4.69) is 5.32 Å². The Bertz CT molecular complexity index is 804. The first kappa shape index (κ1) is 16.0. The Balaban J connectivity index is 2.36. The molecule has 0 aliphatic carbocycles. The highest BCUT2D eigenvalue weighted by Crippen LogP contribution is 2.33. The maximum atomic E-state index is 12.3. The quantitative estimate of drug-likeness (QED) is 0.879. The van der Waals surface area contributed by atoms with Gasteiger partial charge in [0.1, 0.15) is 5.00 Å². The monoisotopic (exact) mass is 320 g/mol. The molecular formula is C15H16N2O4S. The van der Waals surface area contributed by atoms with Crippen LogP contribution >= 0.6 is 11.3 Å². The summed E-state index contributed by atoms with van der Waals surface area (Å²) in [5.41, 5.74) is 1.08. The second-order valence-electron chi connectivity index (χ2n) is 4.80. The van der Waals surface area contributed by atoms with Gasteiger partial charge in [0.05, 0.1) is 12.7 Å². The van der Waals surface area contributed by atoms with E-state index in [1.807, 2.05) is 6.92 Å². The minimum Gasteiger partial charge on any atom is -0.465 e. The van der Waals surface area contributed by atoms with Gasteiger partial charge in [0.25, 0.3) is 11.5 Å². The predicted octanol–water partition coefficient (Wildman–Crippen LogP) is 2.10. The number of amides is 1. The summed E-state index contributed by atoms with van der Waals surface area (Å²) in [7, 11) is 2.90. The minimum absolute atomic E-state index is 0.239. The average molecular weight is 320 g/mol. The zero-order valence-electron chi connectivity index (χ0n) is 12.7. The summed E-state index contributed by atoms with van der Waals surface area (Å²) >= 11 is 1.30. The molecule has 6 nitrogen and oxygen atoms in total. The van der Waals surface area contributed by atoms with Gasteiger partial charge in [-0.1, -0.05) is 0 Å². The van der Waals surface area contributed by atoms with E-state index < -0.39 is 11.9 Å². The highest BCUT2D eigenvalue weighted by atomic mass is 32.1. The van der Waals surface area contributed by atoms with E-state index in [1.165, 1.54) is 35.3 Å². The van der Waals surface area contributed by atoms with Crippen LogP contribution in [0.1, 0.15) is 31.2 Å². The number of methoxy groups -OCH3 is 1. The molecule has 0 aromatic carbocycles. The Labute approximate surface area is 131 Å². The van der Waals surface area contributed by atoms with Crippen molar-refractivity contribution >= 4 is 28.2 Å². The molecule has 7 heteroatoms. The number of pyridine rings is 1. The molecule has 0 unspecified atom stereocenters. The number of carbonyl (C=O) groups is 2. The fourth-order valence-corrected chi connectivity index (χ4v) is 2.97. The maximum Gasteiger partial charge on any atom is 0.341 e. The van der Waals surface area contributed by atoms with Crippen LogP contribution in [-0.4, -0.2) is 23.6 Å². The van der Waals surface area contributed by atoms with E-state index >= 15 is 0 Å². The van der Waals surface area contributed by atoms with E-state index in [1.54, 1.807) is 20.0 Å². The first-order valence-electron chi connectivity index (χ1n) is 6.51. The van der Waals surface area contributed by atoms with Crippen molar-refractivity contribution in [1.29, 1.82) is 0 Å². The zero-order chi connectivity index (χ0) is 16.4. The van der Waals surface area contributed by atoms with E-state index in [0.29, 0.717) is 10.6 Å². The van der Waals surface area contributed by atoms with E-state index in [0.717, 1.165) is 10.4 Å². The zero-order valence-corrected chi connectivity index (χ0v) is 13.5. The lowest BCUT2D eigenvalue weighted by atomic mass is 10.1. The lowest BCUT2D eigenvalue weighted by molar-refractivity contribution is 0.0601. The van der Waals surface area contributed by atoms with Crippen molar-refractivity contribution in [3.05, 3.63) is 50.3 Å². The topological polar surface area (TPSA) is 77.4 Å². The number of anilines is 1. The van der Waals surface area contributed by atoms with Crippen LogP contribution in [0.4, 0.5) is 5.00 Å². The smallest absolute Gasteiger partial charge is 0.341 e. The van der Waals surface area contributed by atoms with Gasteiger partial charge in [0, 0.05) is 29.8 Å². The van der Waals surface area contributed by atoms with Crippen molar-refractivity contribution in [1.82, 2.24) is 4.57 Å². The fraction of sp³-hybridized carbons (Fsp3) is 0.267. The normalized spacial score (nSPS) is 10.4. The average Bonchev–Trinajstić information content (AvgIpc) is 2.75. The summed E-state index contributed by atoms with van der Waals surface area (Å²) in [6, 6.07) is 2.79. The predicted molar refractivity (Wildman–Crippen MR) is 84.8 cm³/mol. The van der Waals surface area contributed by atoms with E-state index in [9.17, 15) is 14.4 Å². The molecule has 0 aliphatic rings. The second kappa shape index (κ2) is 6.15. The molecule has 1 amide bonds. The van der Waals surface area contributed by atoms with Crippen molar-refractivity contribution in [2.45, 2.75) is 13.8 Å². The number of hydrogen-bond donors (Lipinski definition) is 1. The number of hydrogen-bond acceptors (Lipinski definition) is 5. The lowest BCUT2D eigenvalue weighted by Crippen LogP contribution is -2.20. The molecular weight excluding hydrogens is 304 g/mol. The van der Waals surface area contributed by atoms with E-state index in [4.69, 9.17) is 4.74 Å². The van der Waals surface area contributed by atoms with Crippen molar-refractivity contribution in [2.24, 2.45) is 7.05 Å². The number of carbonyl (C=O) groups excluding carboxylic acids is 2. The highest BCUT2D eigenvalue weighted by molar-refractivity contribution is 7.16. The number of rotatable bonds is 3. The molecule has 0 saturated heterocycles. The summed E-state index contributed by atoms with van der Waals surface area (Å²) in [5.74, 6) is -0.940. The van der Waals surface area contributed by atoms with Crippen molar-refractivity contribution in [3.63, 3.8) is 0 Å². The number of aromatic nitrogens is 1. The molecule has 0 fully saturated rings. The van der Waals surface area contributed by atoms with Crippen LogP contribution in [0.15, 0.2) is 23.1 Å². The molecule has 1 N–H and O–H groups in total. The van der Waals surface area contributed by atoms with Gasteiger partial charge in [-0.05, 0) is 25.5 Å². The summed E-state index contributed by atoms with van der Waals surface area (Å²) in [4.78, 5) is 36.6. The number of aryl methyl sites for hydroxylation is 2. The lowest BCUT2D eigenvalue weighted by Gasteiger charge is -2.06. The number of nitrogens with zero attached hydrogens (tertiary/aromatic N) is 1. The van der Waals surface area contributed by atoms with Gasteiger partial charge in [-0.3, -0.25) is 9.59 Å². The van der Waals surface area contributed by atoms with Gasteiger partial charge in [0.2, 0.25) is 0 Å². The molecule has 0 bridgehead atoms. The van der Waals surface area contributed by atoms with Crippen molar-refractivity contribution in [2.75, 3.05) is 12.4 Å². The van der Waals surface area contributed by atoms with Crippen molar-refractivity contribution < 1.29 is 14.3 Å². The second-order valence-corrected chi connectivity index (χ2v) is 6.02. The highest BCUT2D eigenvalue weighted by Gasteiger charge is 2.22. The van der Waals surface area contributed by atoms with Crippen LogP contribution in [0.3, 0.4) is 0 Å². The van der Waals surface area contributed by atoms with Crippen LogP contribution in [-0.2, 0) is 11.8 Å². The third-order valence-electron chi connectivity index (χ3n) is 3.37. The molecule has 0 aliphatic heterocycles. The van der Waals surface area contributed by atoms with Gasteiger partial charge in [0.15, 0.2) is 0 Å². The van der Waals surface area contributed by atoms with Crippen LogP contribution in [0, 0.1) is 13.8 Å². The van der Waals surface area contributed by atoms with Gasteiger partial charge >= 0.3 is 5.97 Å². The Morgan fingerprint density at radius 3 is 2.59 bits per heavy atom. The van der Waals surface area contributed by atoms with Crippen LogP contribution in [0.2, 0.25) is 0 Å². The molecule has 0 radical (unpaired) electrons. The van der Waals surface area contributed by atoms with Gasteiger partial charge in [-0.25, -0.2) is 4.79 Å². The Morgan fingerprint density at radius 1 is 1.32 bits per heavy atom. The Hall–Kier alpha value is -2.41. The third-order valence-corrected chi connectivity index (χ3v) is 4.49. The minimum atomic E-state index is -0.499. The van der Waals surface area contributed by atoms with Crippen LogP contribution in [0.25, 0.3) is 0 Å². The standard InChI is InChI=1S/C15H16N2O4S/c1-8-9(2)22-14(12(8)15(20)21-4)16-13(19)10-5-6-17(3)11(18)7-10/h5-7H,1-4H3,(H,16,19). The number of esters is 1. The Morgan fingerprint density at radius 2 is 2.00 bits per heavy atom. The molecule has 116 valence electrons. The first-order chi connectivity index (χ1) is 10.3. The van der Waals surface area contributed by atoms with Crippen molar-refractivity contribution in [3.8, 4) is 0 Å². The van der Waals surface area contributed by atoms with Gasteiger partial charge < -0.3 is 14.6 Å². The Kier molecular flexibility index (Phi) is 4.46. The molecule has 2 rings (SSSR count). The third kappa shape index (κ3) is 2.94. The molecule has 2 heterocycles. The van der Waals surface area contributed by atoms with Crippen LogP contribution in [0.5, 0.6) is 0 Å². The SMILES string of the molecule is COC(=O)c1c(NC(=O)c2ccn(C)c(=O)c2)sc(C)c1C. The molecule has 22 heavy (non-hydrogen) atoms. The summed E-state index contributed by atoms with van der Waals surface area (Å²) in [5, 5.41) is 3.10. The maximum absolute atomic E-state index is 12.3. The number of ether oxygens (including phenoxy) is 1. The molecule has 2 aromatic heterocycles. The molecule has 0 spiro atoms. The molecule has 0 atom stereocenters. The summed E-state index contributed by atoms with van der Waals surface area (Å²) in [6.07, 6.45) is 1.52. The summed E-state index contributed by atoms with van der Waals surface area (Å²) < 4.78 is 6.13. The molecule has 2 aromatic rings. The fourth-order valence-electron chi connectivity index (χ4n) is 1.93. The first-order valence-corrected chi connectivity index (χ1v) is 7.33.